The molecule has 1 aromatic carbocycles. The number of benzene rings is 1. The SMILES string of the molecule is Cc1cnc2nc1NCCCCCNC(=O)c1ccc(cc1F)-c1cnc(F)c(c1)N2. The number of rotatable bonds is 0. The van der Waals surface area contributed by atoms with Crippen LogP contribution >= 0.6 is 0 Å². The summed E-state index contributed by atoms with van der Waals surface area (Å²) in [5.74, 6) is -0.959. The number of nitrogens with zero attached hydrogens (tertiary/aromatic N) is 3. The molecule has 0 saturated heterocycles. The molecule has 9 heteroatoms. The smallest absolute Gasteiger partial charge is 0.254 e. The first-order valence-corrected chi connectivity index (χ1v) is 10.1. The minimum Gasteiger partial charge on any atom is -0.370 e. The van der Waals surface area contributed by atoms with Crippen LogP contribution in [0.4, 0.5) is 26.2 Å². The predicted molar refractivity (Wildman–Crippen MR) is 114 cm³/mol. The van der Waals surface area contributed by atoms with Gasteiger partial charge in [0.1, 0.15) is 11.6 Å². The van der Waals surface area contributed by atoms with E-state index < -0.39 is 17.7 Å². The number of amides is 1. The van der Waals surface area contributed by atoms with Crippen LogP contribution in [0.25, 0.3) is 11.1 Å². The minimum absolute atomic E-state index is 0.0309. The molecule has 2 aromatic heterocycles. The minimum atomic E-state index is -0.732. The van der Waals surface area contributed by atoms with E-state index in [-0.39, 0.29) is 17.2 Å². The number of aryl methyl sites for hydroxylation is 1. The van der Waals surface area contributed by atoms with E-state index in [1.54, 1.807) is 12.3 Å². The summed E-state index contributed by atoms with van der Waals surface area (Å²) in [4.78, 5) is 24.7. The van der Waals surface area contributed by atoms with Gasteiger partial charge in [-0.1, -0.05) is 6.07 Å². The second kappa shape index (κ2) is 9.03. The quantitative estimate of drug-likeness (QED) is 0.469. The third kappa shape index (κ3) is 4.76. The first kappa shape index (κ1) is 20.6. The summed E-state index contributed by atoms with van der Waals surface area (Å²) in [6.07, 6.45) is 5.48. The lowest BCUT2D eigenvalue weighted by molar-refractivity contribution is 0.0949. The molecule has 0 fully saturated rings. The van der Waals surface area contributed by atoms with Crippen molar-refractivity contribution in [3.8, 4) is 11.1 Å². The second-order valence-corrected chi connectivity index (χ2v) is 7.35. The third-order valence-electron chi connectivity index (χ3n) is 5.04. The largest absolute Gasteiger partial charge is 0.370 e. The van der Waals surface area contributed by atoms with Gasteiger partial charge in [-0.15, -0.1) is 0 Å². The highest BCUT2D eigenvalue weighted by molar-refractivity contribution is 5.95. The number of nitrogens with one attached hydrogen (secondary N) is 3. The molecule has 3 N–H and O–H groups in total. The summed E-state index contributed by atoms with van der Waals surface area (Å²) in [6.45, 7) is 3.04. The molecule has 7 nitrogen and oxygen atoms in total. The predicted octanol–water partition coefficient (Wildman–Crippen LogP) is 4.19. The molecule has 5 rings (SSSR count). The van der Waals surface area contributed by atoms with Crippen molar-refractivity contribution in [2.24, 2.45) is 0 Å². The van der Waals surface area contributed by atoms with Crippen molar-refractivity contribution in [3.05, 3.63) is 59.6 Å². The van der Waals surface area contributed by atoms with Crippen molar-refractivity contribution in [2.75, 3.05) is 23.7 Å². The fourth-order valence-corrected chi connectivity index (χ4v) is 3.30. The van der Waals surface area contributed by atoms with Gasteiger partial charge >= 0.3 is 0 Å². The Hall–Kier alpha value is -3.62. The van der Waals surface area contributed by atoms with Crippen molar-refractivity contribution >= 4 is 23.4 Å². The molecule has 4 heterocycles. The van der Waals surface area contributed by atoms with Gasteiger partial charge in [-0.05, 0) is 49.9 Å². The van der Waals surface area contributed by atoms with E-state index in [9.17, 15) is 13.6 Å². The van der Waals surface area contributed by atoms with Crippen LogP contribution in [0.5, 0.6) is 0 Å². The first-order valence-electron chi connectivity index (χ1n) is 10.1. The van der Waals surface area contributed by atoms with Gasteiger partial charge in [0.15, 0.2) is 0 Å². The number of carbonyl (C=O) groups excluding carboxylic acids is 1. The van der Waals surface area contributed by atoms with Crippen LogP contribution in [0.1, 0.15) is 35.2 Å². The summed E-state index contributed by atoms with van der Waals surface area (Å²) in [7, 11) is 0. The van der Waals surface area contributed by atoms with E-state index in [0.29, 0.717) is 30.0 Å². The number of aromatic nitrogens is 3. The molecule has 3 aromatic rings. The highest BCUT2D eigenvalue weighted by Crippen LogP contribution is 2.27. The molecule has 2 aliphatic rings. The van der Waals surface area contributed by atoms with E-state index in [4.69, 9.17) is 0 Å². The number of pyridine rings is 1. The van der Waals surface area contributed by atoms with Gasteiger partial charge in [0.05, 0.1) is 11.3 Å². The Morgan fingerprint density at radius 1 is 0.935 bits per heavy atom. The van der Waals surface area contributed by atoms with Crippen molar-refractivity contribution in [2.45, 2.75) is 26.2 Å². The Morgan fingerprint density at radius 2 is 1.74 bits per heavy atom. The topological polar surface area (TPSA) is 91.8 Å². The molecule has 0 aliphatic carbocycles. The van der Waals surface area contributed by atoms with Gasteiger partial charge in [0.25, 0.3) is 5.91 Å². The lowest BCUT2D eigenvalue weighted by atomic mass is 10.0. The molecule has 31 heavy (non-hydrogen) atoms. The van der Waals surface area contributed by atoms with E-state index in [1.807, 2.05) is 6.92 Å². The van der Waals surface area contributed by atoms with Gasteiger partial charge in [0.2, 0.25) is 11.9 Å². The first-order chi connectivity index (χ1) is 15.0. The van der Waals surface area contributed by atoms with Crippen LogP contribution in [-0.4, -0.2) is 33.9 Å². The summed E-state index contributed by atoms with van der Waals surface area (Å²) in [6, 6.07) is 5.77. The zero-order chi connectivity index (χ0) is 21.8. The van der Waals surface area contributed by atoms with Gasteiger partial charge in [-0.25, -0.2) is 14.4 Å². The fourth-order valence-electron chi connectivity index (χ4n) is 3.30. The average Bonchev–Trinajstić information content (AvgIpc) is 2.75. The van der Waals surface area contributed by atoms with Crippen LogP contribution in [0.3, 0.4) is 0 Å². The maximum absolute atomic E-state index is 14.6. The molecule has 6 bridgehead atoms. The normalized spacial score (nSPS) is 14.5. The fraction of sp³-hybridized carbons (Fsp3) is 0.273. The van der Waals surface area contributed by atoms with Crippen LogP contribution in [0, 0.1) is 18.7 Å². The average molecular weight is 424 g/mol. The van der Waals surface area contributed by atoms with Crippen molar-refractivity contribution < 1.29 is 13.6 Å². The zero-order valence-electron chi connectivity index (χ0n) is 17.0. The Bertz CT molecular complexity index is 1120. The van der Waals surface area contributed by atoms with E-state index >= 15 is 0 Å². The summed E-state index contributed by atoms with van der Waals surface area (Å²) in [5.41, 5.74) is 1.85. The van der Waals surface area contributed by atoms with E-state index in [0.717, 1.165) is 24.8 Å². The Balaban J connectivity index is 1.72. The highest BCUT2D eigenvalue weighted by atomic mass is 19.1. The highest BCUT2D eigenvalue weighted by Gasteiger charge is 2.15. The van der Waals surface area contributed by atoms with Crippen LogP contribution in [0.15, 0.2) is 36.7 Å². The maximum atomic E-state index is 14.6. The van der Waals surface area contributed by atoms with E-state index in [1.165, 1.54) is 24.4 Å². The van der Waals surface area contributed by atoms with Crippen LogP contribution in [-0.2, 0) is 0 Å². The monoisotopic (exact) mass is 424 g/mol. The molecule has 0 spiro atoms. The van der Waals surface area contributed by atoms with Crippen LogP contribution < -0.4 is 16.0 Å². The standard InChI is InChI=1S/C22H22F2N6O/c1-13-11-28-22-29-18-10-15(12-27-19(18)24)14-5-6-16(17(23)9-14)21(31)26-8-4-2-3-7-25-20(13)30-22/h5-6,9-12H,2-4,7-8H2,1H3,(H,26,31)(H2,25,28,29,30). The number of carbonyl (C=O) groups is 1. The van der Waals surface area contributed by atoms with Crippen molar-refractivity contribution in [3.63, 3.8) is 0 Å². The lowest BCUT2D eigenvalue weighted by Crippen LogP contribution is -2.25. The molecule has 0 atom stereocenters. The van der Waals surface area contributed by atoms with Crippen molar-refractivity contribution in [1.29, 1.82) is 0 Å². The molecule has 0 saturated carbocycles. The maximum Gasteiger partial charge on any atom is 0.254 e. The third-order valence-corrected chi connectivity index (χ3v) is 5.04. The second-order valence-electron chi connectivity index (χ2n) is 7.35. The van der Waals surface area contributed by atoms with Crippen molar-refractivity contribution in [1.82, 2.24) is 20.3 Å². The van der Waals surface area contributed by atoms with Gasteiger partial charge < -0.3 is 16.0 Å². The zero-order valence-corrected chi connectivity index (χ0v) is 17.0. The number of fused-ring (bicyclic) bond motifs is 9. The summed E-state index contributed by atoms with van der Waals surface area (Å²) < 4.78 is 28.9. The van der Waals surface area contributed by atoms with Gasteiger partial charge in [0, 0.05) is 36.6 Å². The molecule has 1 amide bonds. The van der Waals surface area contributed by atoms with Crippen LogP contribution in [0.2, 0.25) is 0 Å². The molecule has 0 radical (unpaired) electrons. The number of hydrogen-bond donors (Lipinski definition) is 3. The molecular weight excluding hydrogens is 402 g/mol. The molecule has 160 valence electrons. The Morgan fingerprint density at radius 3 is 2.55 bits per heavy atom. The Kier molecular flexibility index (Phi) is 6.01. The number of anilines is 3. The number of halogens is 2. The summed E-state index contributed by atoms with van der Waals surface area (Å²) >= 11 is 0. The molecular formula is C22H22F2N6O. The van der Waals surface area contributed by atoms with Gasteiger partial charge in [-0.3, -0.25) is 4.79 Å². The molecule has 0 unspecified atom stereocenters. The lowest BCUT2D eigenvalue weighted by Gasteiger charge is -2.12. The van der Waals surface area contributed by atoms with E-state index in [2.05, 4.69) is 30.9 Å². The Labute approximate surface area is 178 Å². The molecule has 2 aliphatic heterocycles. The summed E-state index contributed by atoms with van der Waals surface area (Å²) in [5, 5.41) is 8.86. The van der Waals surface area contributed by atoms with Gasteiger partial charge in [-0.2, -0.15) is 9.37 Å². The number of hydrogen-bond acceptors (Lipinski definition) is 6.